The van der Waals surface area contributed by atoms with Crippen LogP contribution in [0, 0.1) is 0 Å². The fraction of sp³-hybridized carbons (Fsp3) is 0.467. The van der Waals surface area contributed by atoms with Crippen LogP contribution in [0.15, 0.2) is 22.7 Å². The van der Waals surface area contributed by atoms with E-state index in [2.05, 4.69) is 26.6 Å². The van der Waals surface area contributed by atoms with Crippen LogP contribution in [-0.2, 0) is 16.1 Å². The Labute approximate surface area is 133 Å². The normalized spacial score (nSPS) is 17.8. The summed E-state index contributed by atoms with van der Waals surface area (Å²) in [4.78, 5) is 25.7. The molecule has 1 aliphatic rings. The first-order valence-electron chi connectivity index (χ1n) is 6.97. The number of nitrogens with one attached hydrogen (secondary N) is 2. The molecule has 5 nitrogen and oxygen atoms in total. The highest BCUT2D eigenvalue weighted by Crippen LogP contribution is 2.31. The van der Waals surface area contributed by atoms with Crippen LogP contribution in [0.4, 0.5) is 5.69 Å². The summed E-state index contributed by atoms with van der Waals surface area (Å²) in [5.41, 5.74) is 1.21. The second kappa shape index (κ2) is 6.15. The Morgan fingerprint density at radius 1 is 1.38 bits per heavy atom. The Bertz CT molecular complexity index is 572. The number of halogens is 1. The van der Waals surface area contributed by atoms with Crippen LogP contribution in [0.5, 0.6) is 0 Å². The molecule has 1 aromatic rings. The number of rotatable bonds is 4. The number of nitrogens with zero attached hydrogens (tertiary/aromatic N) is 1. The molecule has 0 unspecified atom stereocenters. The number of amides is 2. The average molecular weight is 354 g/mol. The van der Waals surface area contributed by atoms with E-state index in [4.69, 9.17) is 0 Å². The van der Waals surface area contributed by atoms with E-state index >= 15 is 0 Å². The highest BCUT2D eigenvalue weighted by molar-refractivity contribution is 9.10. The SMILES string of the molecule is CCNCc1cc(Br)ccc1N1CC(=O)NC(=O)C1(C)C. The second-order valence-corrected chi connectivity index (χ2v) is 6.49. The van der Waals surface area contributed by atoms with Gasteiger partial charge < -0.3 is 10.2 Å². The number of hydrogen-bond donors (Lipinski definition) is 2. The fourth-order valence-corrected chi connectivity index (χ4v) is 2.80. The van der Waals surface area contributed by atoms with Crippen molar-refractivity contribution in [2.24, 2.45) is 0 Å². The van der Waals surface area contributed by atoms with Crippen LogP contribution < -0.4 is 15.5 Å². The van der Waals surface area contributed by atoms with Gasteiger partial charge in [0.2, 0.25) is 5.91 Å². The molecule has 2 amide bonds. The lowest BCUT2D eigenvalue weighted by atomic mass is 9.96. The maximum Gasteiger partial charge on any atom is 0.251 e. The zero-order chi connectivity index (χ0) is 15.6. The standard InChI is InChI=1S/C15H20BrN3O2/c1-4-17-8-10-7-11(16)5-6-12(10)19-9-13(20)18-14(21)15(19,2)3/h5-7,17H,4,8-9H2,1-3H3,(H,18,20,21). The molecule has 0 spiro atoms. The first kappa shape index (κ1) is 16.0. The van der Waals surface area contributed by atoms with Gasteiger partial charge in [0.15, 0.2) is 0 Å². The number of carbonyl (C=O) groups excluding carboxylic acids is 2. The van der Waals surface area contributed by atoms with Crippen LogP contribution >= 0.6 is 15.9 Å². The van der Waals surface area contributed by atoms with E-state index in [-0.39, 0.29) is 18.4 Å². The van der Waals surface area contributed by atoms with E-state index in [1.807, 2.05) is 43.9 Å². The van der Waals surface area contributed by atoms with Crippen molar-refractivity contribution in [1.29, 1.82) is 0 Å². The summed E-state index contributed by atoms with van der Waals surface area (Å²) in [5, 5.41) is 5.69. The van der Waals surface area contributed by atoms with Crippen LogP contribution in [0.1, 0.15) is 26.3 Å². The van der Waals surface area contributed by atoms with Gasteiger partial charge in [-0.25, -0.2) is 0 Å². The molecule has 6 heteroatoms. The minimum atomic E-state index is -0.761. The van der Waals surface area contributed by atoms with Crippen molar-refractivity contribution in [3.63, 3.8) is 0 Å². The van der Waals surface area contributed by atoms with Gasteiger partial charge in [-0.1, -0.05) is 22.9 Å². The minimum absolute atomic E-state index is 0.180. The molecule has 1 aliphatic heterocycles. The number of imide groups is 1. The monoisotopic (exact) mass is 353 g/mol. The predicted molar refractivity (Wildman–Crippen MR) is 86.1 cm³/mol. The molecule has 0 saturated carbocycles. The van der Waals surface area contributed by atoms with Gasteiger partial charge in [0, 0.05) is 16.7 Å². The fourth-order valence-electron chi connectivity index (χ4n) is 2.39. The Morgan fingerprint density at radius 2 is 2.10 bits per heavy atom. The van der Waals surface area contributed by atoms with Crippen LogP contribution in [0.25, 0.3) is 0 Å². The van der Waals surface area contributed by atoms with Crippen molar-refractivity contribution in [3.05, 3.63) is 28.2 Å². The van der Waals surface area contributed by atoms with E-state index < -0.39 is 5.54 Å². The molecule has 0 aromatic heterocycles. The van der Waals surface area contributed by atoms with E-state index in [1.165, 1.54) is 0 Å². The second-order valence-electron chi connectivity index (χ2n) is 5.58. The topological polar surface area (TPSA) is 61.4 Å². The number of benzene rings is 1. The summed E-state index contributed by atoms with van der Waals surface area (Å²) >= 11 is 3.47. The number of piperazine rings is 1. The maximum absolute atomic E-state index is 12.1. The van der Waals surface area contributed by atoms with Crippen molar-refractivity contribution >= 4 is 33.4 Å². The van der Waals surface area contributed by atoms with E-state index in [0.717, 1.165) is 22.3 Å². The van der Waals surface area contributed by atoms with Gasteiger partial charge in [-0.2, -0.15) is 0 Å². The predicted octanol–water partition coefficient (Wildman–Crippen LogP) is 1.80. The molecule has 2 rings (SSSR count). The minimum Gasteiger partial charge on any atom is -0.348 e. The molecule has 2 N–H and O–H groups in total. The Morgan fingerprint density at radius 3 is 2.76 bits per heavy atom. The molecule has 0 aliphatic carbocycles. The summed E-state index contributed by atoms with van der Waals surface area (Å²) in [5.74, 6) is -0.535. The number of carbonyl (C=O) groups is 2. The summed E-state index contributed by atoms with van der Waals surface area (Å²) < 4.78 is 0.977. The molecule has 0 radical (unpaired) electrons. The Hall–Kier alpha value is -1.40. The lowest BCUT2D eigenvalue weighted by molar-refractivity contribution is -0.135. The van der Waals surface area contributed by atoms with Crippen LogP contribution in [0.2, 0.25) is 0 Å². The zero-order valence-corrected chi connectivity index (χ0v) is 14.1. The summed E-state index contributed by atoms with van der Waals surface area (Å²) in [7, 11) is 0. The van der Waals surface area contributed by atoms with Gasteiger partial charge in [0.25, 0.3) is 5.91 Å². The van der Waals surface area contributed by atoms with E-state index in [1.54, 1.807) is 0 Å². The van der Waals surface area contributed by atoms with Gasteiger partial charge in [-0.3, -0.25) is 14.9 Å². The highest BCUT2D eigenvalue weighted by atomic mass is 79.9. The molecule has 0 atom stereocenters. The summed E-state index contributed by atoms with van der Waals surface area (Å²) in [6.45, 7) is 7.42. The van der Waals surface area contributed by atoms with Gasteiger partial charge >= 0.3 is 0 Å². The molecule has 1 saturated heterocycles. The zero-order valence-electron chi connectivity index (χ0n) is 12.5. The number of hydrogen-bond acceptors (Lipinski definition) is 4. The molecule has 21 heavy (non-hydrogen) atoms. The third-order valence-corrected chi connectivity index (χ3v) is 4.18. The van der Waals surface area contributed by atoms with Gasteiger partial charge in [-0.05, 0) is 44.2 Å². The van der Waals surface area contributed by atoms with Crippen molar-refractivity contribution in [1.82, 2.24) is 10.6 Å². The van der Waals surface area contributed by atoms with Gasteiger partial charge in [-0.15, -0.1) is 0 Å². The van der Waals surface area contributed by atoms with Crippen molar-refractivity contribution in [2.45, 2.75) is 32.9 Å². The first-order valence-corrected chi connectivity index (χ1v) is 7.76. The van der Waals surface area contributed by atoms with Crippen molar-refractivity contribution < 1.29 is 9.59 Å². The molecular weight excluding hydrogens is 334 g/mol. The van der Waals surface area contributed by atoms with E-state index in [9.17, 15) is 9.59 Å². The molecule has 1 heterocycles. The van der Waals surface area contributed by atoms with Crippen molar-refractivity contribution in [3.8, 4) is 0 Å². The van der Waals surface area contributed by atoms with Gasteiger partial charge in [0.1, 0.15) is 5.54 Å². The van der Waals surface area contributed by atoms with Gasteiger partial charge in [0.05, 0.1) is 6.54 Å². The van der Waals surface area contributed by atoms with Crippen LogP contribution in [-0.4, -0.2) is 30.4 Å². The molecule has 0 bridgehead atoms. The average Bonchev–Trinajstić information content (AvgIpc) is 2.41. The first-order chi connectivity index (χ1) is 9.86. The third kappa shape index (κ3) is 3.27. The Balaban J connectivity index is 2.43. The molecule has 114 valence electrons. The molecule has 1 aromatic carbocycles. The lowest BCUT2D eigenvalue weighted by Crippen LogP contribution is -2.64. The number of anilines is 1. The van der Waals surface area contributed by atoms with E-state index in [0.29, 0.717) is 6.54 Å². The smallest absolute Gasteiger partial charge is 0.251 e. The largest absolute Gasteiger partial charge is 0.348 e. The quantitative estimate of drug-likeness (QED) is 0.810. The Kier molecular flexibility index (Phi) is 4.68. The highest BCUT2D eigenvalue weighted by Gasteiger charge is 2.41. The summed E-state index contributed by atoms with van der Waals surface area (Å²) in [6, 6.07) is 5.90. The molecule has 1 fully saturated rings. The summed E-state index contributed by atoms with van der Waals surface area (Å²) in [6.07, 6.45) is 0. The maximum atomic E-state index is 12.1. The van der Waals surface area contributed by atoms with Crippen molar-refractivity contribution in [2.75, 3.05) is 18.0 Å². The lowest BCUT2D eigenvalue weighted by Gasteiger charge is -2.42. The molecular formula is C15H20BrN3O2. The van der Waals surface area contributed by atoms with Crippen LogP contribution in [0.3, 0.4) is 0 Å². The third-order valence-electron chi connectivity index (χ3n) is 3.68.